The fraction of sp³-hybridized carbons (Fsp3) is 0.400. The first-order valence-electron chi connectivity index (χ1n) is 4.30. The van der Waals surface area contributed by atoms with Crippen LogP contribution in [0.3, 0.4) is 0 Å². The van der Waals surface area contributed by atoms with E-state index in [0.29, 0.717) is 0 Å². The van der Waals surface area contributed by atoms with Crippen molar-refractivity contribution in [1.29, 1.82) is 0 Å². The van der Waals surface area contributed by atoms with Crippen LogP contribution >= 0.6 is 0 Å². The molecule has 1 N–H and O–H groups in total. The van der Waals surface area contributed by atoms with Gasteiger partial charge >= 0.3 is 90.8 Å². The summed E-state index contributed by atoms with van der Waals surface area (Å²) < 4.78 is 15.4. The van der Waals surface area contributed by atoms with Crippen molar-refractivity contribution in [3.8, 4) is 5.75 Å². The first-order valence-corrected chi connectivity index (χ1v) is 5.92. The van der Waals surface area contributed by atoms with Crippen LogP contribution in [-0.2, 0) is 6.54 Å². The molecule has 0 bridgehead atoms. The molecule has 4 heteroatoms. The van der Waals surface area contributed by atoms with Crippen LogP contribution < -0.4 is 9.20 Å². The van der Waals surface area contributed by atoms with Gasteiger partial charge in [-0.25, -0.2) is 0 Å². The molecule has 0 aliphatic heterocycles. The molecule has 1 rings (SSSR count). The second kappa shape index (κ2) is 5.37. The Morgan fingerprint density at radius 2 is 2.14 bits per heavy atom. The molecule has 78 valence electrons. The normalized spacial score (nSPS) is 10.6. The Morgan fingerprint density at radius 3 is 2.64 bits per heavy atom. The molecule has 3 nitrogen and oxygen atoms in total. The molecule has 0 saturated carbocycles. The van der Waals surface area contributed by atoms with E-state index in [1.165, 1.54) is 0 Å². The molecule has 1 aromatic rings. The van der Waals surface area contributed by atoms with Crippen molar-refractivity contribution >= 4 is 19.7 Å². The molecule has 0 aromatic heterocycles. The Labute approximate surface area is 91.2 Å². The second-order valence-corrected chi connectivity index (χ2v) is 4.61. The predicted octanol–water partition coefficient (Wildman–Crippen LogP) is -0.00640. The van der Waals surface area contributed by atoms with Crippen LogP contribution in [0.2, 0.25) is 0 Å². The Morgan fingerprint density at radius 1 is 1.43 bits per heavy atom. The summed E-state index contributed by atoms with van der Waals surface area (Å²) in [7, 11) is 5.67. The van der Waals surface area contributed by atoms with E-state index in [2.05, 4.69) is 4.90 Å². The van der Waals surface area contributed by atoms with Crippen molar-refractivity contribution in [3.63, 3.8) is 0 Å². The first-order chi connectivity index (χ1) is 6.67. The third-order valence-electron chi connectivity index (χ3n) is 1.85. The van der Waals surface area contributed by atoms with Gasteiger partial charge in [-0.2, -0.15) is 0 Å². The molecular formula is C10H15NO2Se. The summed E-state index contributed by atoms with van der Waals surface area (Å²) in [4.78, 5) is 2.07. The Balaban J connectivity index is 2.96. The molecule has 0 radical (unpaired) electrons. The minimum atomic E-state index is -0.447. The number of methoxy groups -OCH3 is 1. The van der Waals surface area contributed by atoms with Gasteiger partial charge in [-0.3, -0.25) is 0 Å². The van der Waals surface area contributed by atoms with Crippen molar-refractivity contribution < 1.29 is 8.93 Å². The van der Waals surface area contributed by atoms with E-state index in [9.17, 15) is 4.19 Å². The minimum absolute atomic E-state index is 0.447. The topological polar surface area (TPSA) is 32.7 Å². The molecule has 0 saturated heterocycles. The zero-order valence-electron chi connectivity index (χ0n) is 8.65. The van der Waals surface area contributed by atoms with Crippen molar-refractivity contribution in [2.75, 3.05) is 21.2 Å². The van der Waals surface area contributed by atoms with Crippen LogP contribution in [-0.4, -0.2) is 45.6 Å². The van der Waals surface area contributed by atoms with Crippen LogP contribution in [0.4, 0.5) is 0 Å². The maximum absolute atomic E-state index is 9.20. The van der Waals surface area contributed by atoms with Crippen LogP contribution in [0.5, 0.6) is 5.75 Å². The van der Waals surface area contributed by atoms with Gasteiger partial charge in [0.05, 0.1) is 0 Å². The number of benzene rings is 1. The van der Waals surface area contributed by atoms with Gasteiger partial charge in [-0.15, -0.1) is 0 Å². The van der Waals surface area contributed by atoms with E-state index in [0.717, 1.165) is 22.3 Å². The number of hydrogen-bond acceptors (Lipinski definition) is 3. The van der Waals surface area contributed by atoms with Gasteiger partial charge in [0.1, 0.15) is 0 Å². The summed E-state index contributed by atoms with van der Waals surface area (Å²) in [6.07, 6.45) is 0. The van der Waals surface area contributed by atoms with Crippen molar-refractivity contribution in [2.45, 2.75) is 6.54 Å². The summed E-state index contributed by atoms with van der Waals surface area (Å²) in [6, 6.07) is 5.79. The Hall–Kier alpha value is -0.541. The average molecular weight is 260 g/mol. The van der Waals surface area contributed by atoms with Crippen LogP contribution in [0.15, 0.2) is 18.2 Å². The number of hydrogen-bond donors (Lipinski definition) is 1. The van der Waals surface area contributed by atoms with Gasteiger partial charge in [0, 0.05) is 0 Å². The maximum atomic E-state index is 9.20. The van der Waals surface area contributed by atoms with E-state index in [1.54, 1.807) is 7.11 Å². The summed E-state index contributed by atoms with van der Waals surface area (Å²) in [5, 5.41) is 0. The Bertz CT molecular complexity index is 302. The van der Waals surface area contributed by atoms with Gasteiger partial charge < -0.3 is 0 Å². The van der Waals surface area contributed by atoms with Crippen LogP contribution in [0.1, 0.15) is 5.56 Å². The monoisotopic (exact) mass is 261 g/mol. The molecule has 0 amide bonds. The van der Waals surface area contributed by atoms with E-state index >= 15 is 0 Å². The first kappa shape index (κ1) is 11.5. The zero-order valence-corrected chi connectivity index (χ0v) is 10.4. The Kier molecular flexibility index (Phi) is 4.42. The third-order valence-corrected chi connectivity index (χ3v) is 3.10. The van der Waals surface area contributed by atoms with E-state index in [-0.39, 0.29) is 0 Å². The van der Waals surface area contributed by atoms with Gasteiger partial charge in [-0.05, 0) is 0 Å². The summed E-state index contributed by atoms with van der Waals surface area (Å²) >= 11 is -0.447. The molecule has 0 fully saturated rings. The van der Waals surface area contributed by atoms with Crippen molar-refractivity contribution in [1.82, 2.24) is 4.90 Å². The molecular weight excluding hydrogens is 245 g/mol. The zero-order chi connectivity index (χ0) is 10.6. The summed E-state index contributed by atoms with van der Waals surface area (Å²) in [5.41, 5.74) is 1.14. The molecule has 0 atom stereocenters. The number of nitrogens with zero attached hydrogens (tertiary/aromatic N) is 1. The van der Waals surface area contributed by atoms with Gasteiger partial charge in [0.2, 0.25) is 0 Å². The van der Waals surface area contributed by atoms with Gasteiger partial charge in [0.15, 0.2) is 0 Å². The molecule has 0 aliphatic carbocycles. The quantitative estimate of drug-likeness (QED) is 0.773. The standard InChI is InChI=1S/C10H15NO2Se/c1-11(2)7-8-6-9(13-3)4-5-10(8)14-12/h4-6,12H,7H2,1-3H3. The second-order valence-electron chi connectivity index (χ2n) is 3.30. The van der Waals surface area contributed by atoms with Crippen molar-refractivity contribution in [3.05, 3.63) is 23.8 Å². The summed E-state index contributed by atoms with van der Waals surface area (Å²) in [5.74, 6) is 0.842. The van der Waals surface area contributed by atoms with Crippen LogP contribution in [0.25, 0.3) is 0 Å². The van der Waals surface area contributed by atoms with E-state index in [4.69, 9.17) is 4.74 Å². The van der Waals surface area contributed by atoms with Crippen LogP contribution in [0, 0.1) is 0 Å². The number of ether oxygens (including phenoxy) is 1. The van der Waals surface area contributed by atoms with E-state index < -0.39 is 15.3 Å². The predicted molar refractivity (Wildman–Crippen MR) is 58.0 cm³/mol. The molecule has 0 unspecified atom stereocenters. The molecule has 1 aromatic carbocycles. The fourth-order valence-corrected chi connectivity index (χ4v) is 2.01. The third kappa shape index (κ3) is 2.99. The molecule has 0 spiro atoms. The van der Waals surface area contributed by atoms with Gasteiger partial charge in [0.25, 0.3) is 0 Å². The molecule has 0 aliphatic rings. The SMILES string of the molecule is COc1ccc([Se]O)c(CN(C)C)c1. The fourth-order valence-electron chi connectivity index (χ4n) is 1.24. The average Bonchev–Trinajstić information content (AvgIpc) is 2.16. The molecule has 0 heterocycles. The number of rotatable bonds is 4. The van der Waals surface area contributed by atoms with Gasteiger partial charge in [-0.1, -0.05) is 0 Å². The molecule has 14 heavy (non-hydrogen) atoms. The summed E-state index contributed by atoms with van der Waals surface area (Å²) in [6.45, 7) is 0.828. The van der Waals surface area contributed by atoms with E-state index in [1.807, 2.05) is 32.3 Å². The van der Waals surface area contributed by atoms with Crippen molar-refractivity contribution in [2.24, 2.45) is 0 Å².